The Labute approximate surface area is 167 Å². The third-order valence-electron chi connectivity index (χ3n) is 4.57. The molecule has 1 aromatic heterocycles. The fraction of sp³-hybridized carbons (Fsp3) is 0.0435. The average Bonchev–Trinajstić information content (AvgIpc) is 3.22. The fourth-order valence-electron chi connectivity index (χ4n) is 3.08. The highest BCUT2D eigenvalue weighted by Crippen LogP contribution is 2.33. The number of aromatic hydroxyl groups is 2. The third kappa shape index (κ3) is 3.96. The van der Waals surface area contributed by atoms with Gasteiger partial charge in [0.15, 0.2) is 0 Å². The Morgan fingerprint density at radius 3 is 2.41 bits per heavy atom. The van der Waals surface area contributed by atoms with Gasteiger partial charge in [0.05, 0.1) is 17.6 Å². The summed E-state index contributed by atoms with van der Waals surface area (Å²) in [4.78, 5) is 12.4. The predicted molar refractivity (Wildman–Crippen MR) is 110 cm³/mol. The number of benzene rings is 3. The van der Waals surface area contributed by atoms with Crippen molar-refractivity contribution in [2.45, 2.75) is 6.54 Å². The van der Waals surface area contributed by atoms with Gasteiger partial charge in [-0.15, -0.1) is 0 Å². The standard InChI is InChI=1S/C23H19N3O3/c27-19-10-11-20(22(28)14-19)21-12-13-25-26(21)18-8-6-17(7-9-18)23(29)24-15-16-4-2-1-3-5-16/h1-14,27-28H,15H2,(H,24,29). The molecule has 0 aliphatic heterocycles. The van der Waals surface area contributed by atoms with Gasteiger partial charge in [-0.05, 0) is 48.0 Å². The quantitative estimate of drug-likeness (QED) is 0.487. The van der Waals surface area contributed by atoms with Crippen LogP contribution < -0.4 is 5.32 Å². The van der Waals surface area contributed by atoms with Gasteiger partial charge < -0.3 is 15.5 Å². The number of amides is 1. The van der Waals surface area contributed by atoms with Crippen LogP contribution in [-0.2, 0) is 6.54 Å². The van der Waals surface area contributed by atoms with E-state index >= 15 is 0 Å². The molecule has 6 nitrogen and oxygen atoms in total. The molecule has 0 bridgehead atoms. The second-order valence-corrected chi connectivity index (χ2v) is 6.54. The van der Waals surface area contributed by atoms with Crippen LogP contribution in [-0.4, -0.2) is 25.9 Å². The molecule has 0 atom stereocenters. The molecule has 4 aromatic rings. The van der Waals surface area contributed by atoms with E-state index in [-0.39, 0.29) is 17.4 Å². The topological polar surface area (TPSA) is 87.4 Å². The molecule has 144 valence electrons. The van der Waals surface area contributed by atoms with E-state index < -0.39 is 0 Å². The molecule has 0 saturated heterocycles. The molecular weight excluding hydrogens is 366 g/mol. The summed E-state index contributed by atoms with van der Waals surface area (Å²) in [5.74, 6) is -0.205. The van der Waals surface area contributed by atoms with Gasteiger partial charge >= 0.3 is 0 Å². The Bertz CT molecular complexity index is 1140. The van der Waals surface area contributed by atoms with Crippen molar-refractivity contribution in [2.24, 2.45) is 0 Å². The molecule has 0 aliphatic rings. The van der Waals surface area contributed by atoms with Gasteiger partial charge in [-0.25, -0.2) is 4.68 Å². The zero-order valence-corrected chi connectivity index (χ0v) is 15.5. The number of carbonyl (C=O) groups is 1. The van der Waals surface area contributed by atoms with Gasteiger partial charge in [-0.3, -0.25) is 4.79 Å². The Morgan fingerprint density at radius 2 is 1.69 bits per heavy atom. The summed E-state index contributed by atoms with van der Waals surface area (Å²) >= 11 is 0. The van der Waals surface area contributed by atoms with E-state index in [4.69, 9.17) is 0 Å². The minimum atomic E-state index is -0.155. The van der Waals surface area contributed by atoms with Crippen molar-refractivity contribution in [3.8, 4) is 28.4 Å². The lowest BCUT2D eigenvalue weighted by Crippen LogP contribution is -2.22. The molecule has 0 spiro atoms. The molecule has 0 aliphatic carbocycles. The number of aromatic nitrogens is 2. The second kappa shape index (κ2) is 7.90. The minimum absolute atomic E-state index is 0.0109. The lowest BCUT2D eigenvalue weighted by molar-refractivity contribution is 0.0951. The SMILES string of the molecule is O=C(NCc1ccccc1)c1ccc(-n2nccc2-c2ccc(O)cc2O)cc1. The van der Waals surface area contributed by atoms with Gasteiger partial charge in [-0.1, -0.05) is 30.3 Å². The van der Waals surface area contributed by atoms with Gasteiger partial charge in [0.2, 0.25) is 0 Å². The number of rotatable bonds is 5. The maximum atomic E-state index is 12.4. The van der Waals surface area contributed by atoms with Gasteiger partial charge in [0.25, 0.3) is 5.91 Å². The number of nitrogens with one attached hydrogen (secondary N) is 1. The highest BCUT2D eigenvalue weighted by atomic mass is 16.3. The van der Waals surface area contributed by atoms with Crippen LogP contribution in [0.1, 0.15) is 15.9 Å². The zero-order chi connectivity index (χ0) is 20.2. The van der Waals surface area contributed by atoms with Crippen LogP contribution in [0.4, 0.5) is 0 Å². The average molecular weight is 385 g/mol. The van der Waals surface area contributed by atoms with E-state index in [1.165, 1.54) is 12.1 Å². The van der Waals surface area contributed by atoms with Crippen molar-refractivity contribution in [3.05, 3.63) is 96.2 Å². The van der Waals surface area contributed by atoms with Crippen LogP contribution in [0.2, 0.25) is 0 Å². The Kier molecular flexibility index (Phi) is 4.99. The molecule has 0 fully saturated rings. The lowest BCUT2D eigenvalue weighted by Gasteiger charge is -2.10. The van der Waals surface area contributed by atoms with E-state index in [0.29, 0.717) is 23.4 Å². The van der Waals surface area contributed by atoms with Crippen LogP contribution >= 0.6 is 0 Å². The van der Waals surface area contributed by atoms with Crippen LogP contribution in [0.25, 0.3) is 16.9 Å². The van der Waals surface area contributed by atoms with Crippen molar-refractivity contribution in [3.63, 3.8) is 0 Å². The first-order valence-corrected chi connectivity index (χ1v) is 9.11. The van der Waals surface area contributed by atoms with Gasteiger partial charge in [-0.2, -0.15) is 5.10 Å². The van der Waals surface area contributed by atoms with Gasteiger partial charge in [0.1, 0.15) is 11.5 Å². The summed E-state index contributed by atoms with van der Waals surface area (Å²) in [7, 11) is 0. The smallest absolute Gasteiger partial charge is 0.251 e. The number of phenolic OH excluding ortho intramolecular Hbond substituents is 2. The summed E-state index contributed by atoms with van der Waals surface area (Å²) in [5.41, 5.74) is 3.55. The molecule has 0 unspecified atom stereocenters. The van der Waals surface area contributed by atoms with Crippen molar-refractivity contribution in [2.75, 3.05) is 0 Å². The monoisotopic (exact) mass is 385 g/mol. The highest BCUT2D eigenvalue weighted by molar-refractivity contribution is 5.94. The molecule has 0 saturated carbocycles. The first-order valence-electron chi connectivity index (χ1n) is 9.11. The first kappa shape index (κ1) is 18.3. The molecule has 29 heavy (non-hydrogen) atoms. The van der Waals surface area contributed by atoms with E-state index in [0.717, 1.165) is 11.3 Å². The third-order valence-corrected chi connectivity index (χ3v) is 4.57. The maximum absolute atomic E-state index is 12.4. The van der Waals surface area contributed by atoms with Crippen LogP contribution in [0.5, 0.6) is 11.5 Å². The summed E-state index contributed by atoms with van der Waals surface area (Å²) in [6, 6.07) is 23.0. The number of carbonyl (C=O) groups excluding carboxylic acids is 1. The molecule has 3 N–H and O–H groups in total. The molecule has 1 amide bonds. The Balaban J connectivity index is 1.53. The Morgan fingerprint density at radius 1 is 0.931 bits per heavy atom. The van der Waals surface area contributed by atoms with E-state index in [9.17, 15) is 15.0 Å². The van der Waals surface area contributed by atoms with Crippen molar-refractivity contribution in [1.82, 2.24) is 15.1 Å². The van der Waals surface area contributed by atoms with Crippen LogP contribution in [0, 0.1) is 0 Å². The maximum Gasteiger partial charge on any atom is 0.251 e. The Hall–Kier alpha value is -4.06. The van der Waals surface area contributed by atoms with Crippen LogP contribution in [0.3, 0.4) is 0 Å². The number of nitrogens with zero attached hydrogens (tertiary/aromatic N) is 2. The fourth-order valence-corrected chi connectivity index (χ4v) is 3.08. The predicted octanol–water partition coefficient (Wildman–Crippen LogP) is 3.88. The normalized spacial score (nSPS) is 10.6. The van der Waals surface area contributed by atoms with Crippen molar-refractivity contribution >= 4 is 5.91 Å². The zero-order valence-electron chi connectivity index (χ0n) is 15.5. The molecule has 6 heteroatoms. The van der Waals surface area contributed by atoms with E-state index in [1.807, 2.05) is 30.3 Å². The summed E-state index contributed by atoms with van der Waals surface area (Å²) in [5, 5.41) is 26.9. The number of phenols is 2. The first-order chi connectivity index (χ1) is 14.1. The lowest BCUT2D eigenvalue weighted by atomic mass is 10.1. The molecule has 4 rings (SSSR count). The summed E-state index contributed by atoms with van der Waals surface area (Å²) in [6.07, 6.45) is 1.63. The van der Waals surface area contributed by atoms with Crippen LogP contribution in [0.15, 0.2) is 85.1 Å². The number of hydrogen-bond acceptors (Lipinski definition) is 4. The summed E-state index contributed by atoms with van der Waals surface area (Å²) in [6.45, 7) is 0.463. The highest BCUT2D eigenvalue weighted by Gasteiger charge is 2.13. The van der Waals surface area contributed by atoms with E-state index in [1.54, 1.807) is 47.3 Å². The molecule has 3 aromatic carbocycles. The summed E-state index contributed by atoms with van der Waals surface area (Å²) < 4.78 is 1.66. The largest absolute Gasteiger partial charge is 0.508 e. The van der Waals surface area contributed by atoms with E-state index in [2.05, 4.69) is 10.4 Å². The van der Waals surface area contributed by atoms with Crippen molar-refractivity contribution < 1.29 is 15.0 Å². The molecule has 0 radical (unpaired) electrons. The van der Waals surface area contributed by atoms with Gasteiger partial charge in [0, 0.05) is 23.7 Å². The molecule has 1 heterocycles. The second-order valence-electron chi connectivity index (χ2n) is 6.54. The molecular formula is C23H19N3O3. The minimum Gasteiger partial charge on any atom is -0.508 e. The van der Waals surface area contributed by atoms with Crippen molar-refractivity contribution in [1.29, 1.82) is 0 Å². The number of hydrogen-bond donors (Lipinski definition) is 3.